The van der Waals surface area contributed by atoms with Crippen molar-refractivity contribution >= 4 is 23.4 Å². The Morgan fingerprint density at radius 1 is 1.39 bits per heavy atom. The Kier molecular flexibility index (Phi) is 6.60. The first-order chi connectivity index (χ1) is 8.61. The van der Waals surface area contributed by atoms with E-state index in [1.54, 1.807) is 7.11 Å². The molecule has 0 aliphatic heterocycles. The number of carbonyl (C=O) groups excluding carboxylic acids is 1. The van der Waals surface area contributed by atoms with Crippen molar-refractivity contribution in [2.24, 2.45) is 0 Å². The summed E-state index contributed by atoms with van der Waals surface area (Å²) in [6, 6.07) is 7.63. The lowest BCUT2D eigenvalue weighted by Gasteiger charge is -2.11. The van der Waals surface area contributed by atoms with Crippen molar-refractivity contribution in [3.63, 3.8) is 0 Å². The Labute approximate surface area is 112 Å². The molecule has 0 fully saturated rings. The molecule has 0 aromatic heterocycles. The van der Waals surface area contributed by atoms with Crippen LogP contribution < -0.4 is 5.73 Å². The van der Waals surface area contributed by atoms with Gasteiger partial charge in [0, 0.05) is 18.6 Å². The van der Waals surface area contributed by atoms with Crippen LogP contribution >= 0.6 is 11.8 Å². The third kappa shape index (κ3) is 5.93. The number of thioether (sulfide) groups is 1. The normalized spacial score (nSPS) is 12.1. The molecule has 2 N–H and O–H groups in total. The third-order valence-corrected chi connectivity index (χ3v) is 3.18. The quantitative estimate of drug-likeness (QED) is 0.606. The zero-order valence-electron chi connectivity index (χ0n) is 10.7. The molecule has 0 heterocycles. The number of rotatable bonds is 7. The maximum atomic E-state index is 11.5. The number of nitrogens with two attached hydrogens (primary N) is 1. The van der Waals surface area contributed by atoms with E-state index in [9.17, 15) is 4.79 Å². The van der Waals surface area contributed by atoms with Gasteiger partial charge in [0.1, 0.15) is 6.10 Å². The molecule has 0 spiro atoms. The zero-order valence-corrected chi connectivity index (χ0v) is 11.5. The molecule has 5 heteroatoms. The molecule has 0 radical (unpaired) electrons. The number of ether oxygens (including phenoxy) is 2. The van der Waals surface area contributed by atoms with Crippen molar-refractivity contribution in [1.82, 2.24) is 0 Å². The van der Waals surface area contributed by atoms with Crippen LogP contribution in [0.25, 0.3) is 0 Å². The van der Waals surface area contributed by atoms with Crippen molar-refractivity contribution in [3.05, 3.63) is 29.8 Å². The Balaban J connectivity index is 2.21. The van der Waals surface area contributed by atoms with Crippen LogP contribution in [0, 0.1) is 0 Å². The molecule has 0 aliphatic carbocycles. The molecule has 4 nitrogen and oxygen atoms in total. The van der Waals surface area contributed by atoms with Crippen LogP contribution in [-0.4, -0.2) is 31.5 Å². The highest BCUT2D eigenvalue weighted by atomic mass is 32.2. The van der Waals surface area contributed by atoms with Gasteiger partial charge >= 0.3 is 5.97 Å². The average molecular weight is 269 g/mol. The number of nitrogen functional groups attached to an aromatic ring is 1. The van der Waals surface area contributed by atoms with Crippen molar-refractivity contribution in [3.8, 4) is 0 Å². The first kappa shape index (κ1) is 14.9. The minimum atomic E-state index is -0.208. The van der Waals surface area contributed by atoms with E-state index in [0.29, 0.717) is 12.4 Å². The van der Waals surface area contributed by atoms with E-state index in [0.717, 1.165) is 17.0 Å². The molecule has 1 atom stereocenters. The Morgan fingerprint density at radius 2 is 2.06 bits per heavy atom. The maximum absolute atomic E-state index is 11.5. The van der Waals surface area contributed by atoms with Gasteiger partial charge < -0.3 is 15.2 Å². The van der Waals surface area contributed by atoms with Gasteiger partial charge in [-0.15, -0.1) is 11.8 Å². The molecule has 0 saturated carbocycles. The Morgan fingerprint density at radius 3 is 2.67 bits per heavy atom. The van der Waals surface area contributed by atoms with Gasteiger partial charge in [-0.25, -0.2) is 0 Å². The zero-order chi connectivity index (χ0) is 13.4. The topological polar surface area (TPSA) is 61.5 Å². The third-order valence-electron chi connectivity index (χ3n) is 2.20. The number of carbonyl (C=O) groups is 1. The molecule has 0 aliphatic rings. The summed E-state index contributed by atoms with van der Waals surface area (Å²) in [7, 11) is 1.58. The summed E-state index contributed by atoms with van der Waals surface area (Å²) in [6.45, 7) is 2.24. The fourth-order valence-electron chi connectivity index (χ4n) is 1.39. The van der Waals surface area contributed by atoms with Gasteiger partial charge in [0.25, 0.3) is 0 Å². The molecular weight excluding hydrogens is 250 g/mol. The van der Waals surface area contributed by atoms with E-state index < -0.39 is 0 Å². The van der Waals surface area contributed by atoms with E-state index in [1.807, 2.05) is 31.2 Å². The minimum Gasteiger partial charge on any atom is -0.460 e. The first-order valence-electron chi connectivity index (χ1n) is 5.72. The lowest BCUT2D eigenvalue weighted by atomic mass is 10.2. The molecule has 1 aromatic rings. The van der Waals surface area contributed by atoms with Gasteiger partial charge in [-0.05, 0) is 24.6 Å². The highest BCUT2D eigenvalue weighted by molar-refractivity contribution is 7.99. The average Bonchev–Trinajstić information content (AvgIpc) is 2.32. The van der Waals surface area contributed by atoms with Gasteiger partial charge in [-0.3, -0.25) is 4.79 Å². The predicted octanol–water partition coefficient (Wildman–Crippen LogP) is 2.08. The summed E-state index contributed by atoms with van der Waals surface area (Å²) in [5.41, 5.74) is 7.49. The molecule has 0 amide bonds. The highest BCUT2D eigenvalue weighted by Crippen LogP contribution is 2.14. The van der Waals surface area contributed by atoms with Gasteiger partial charge in [-0.2, -0.15) is 0 Å². The van der Waals surface area contributed by atoms with Gasteiger partial charge in [-0.1, -0.05) is 12.1 Å². The summed E-state index contributed by atoms with van der Waals surface area (Å²) in [5, 5.41) is 0. The minimum absolute atomic E-state index is 0.195. The van der Waals surface area contributed by atoms with E-state index in [2.05, 4.69) is 0 Å². The van der Waals surface area contributed by atoms with Crippen molar-refractivity contribution in [1.29, 1.82) is 0 Å². The molecule has 18 heavy (non-hydrogen) atoms. The van der Waals surface area contributed by atoms with Crippen LogP contribution in [0.2, 0.25) is 0 Å². The van der Waals surface area contributed by atoms with Gasteiger partial charge in [0.15, 0.2) is 0 Å². The molecule has 1 aromatic carbocycles. The fourth-order valence-corrected chi connectivity index (χ4v) is 2.16. The van der Waals surface area contributed by atoms with Gasteiger partial charge in [0.05, 0.1) is 12.4 Å². The molecular formula is C13H19NO3S. The standard InChI is InChI=1S/C13H19NO3S/c1-10(7-16-2)17-13(15)9-18-8-11-3-5-12(14)6-4-11/h3-6,10H,7-9,14H2,1-2H3. The Hall–Kier alpha value is -1.20. The molecule has 0 bridgehead atoms. The second-order valence-corrected chi connectivity index (χ2v) is 4.98. The van der Waals surface area contributed by atoms with E-state index in [1.165, 1.54) is 11.8 Å². The molecule has 100 valence electrons. The van der Waals surface area contributed by atoms with Crippen LogP contribution in [0.3, 0.4) is 0 Å². The second-order valence-electron chi connectivity index (χ2n) is 3.99. The maximum Gasteiger partial charge on any atom is 0.316 e. The fraction of sp³-hybridized carbons (Fsp3) is 0.462. The monoisotopic (exact) mass is 269 g/mol. The van der Waals surface area contributed by atoms with Crippen LogP contribution in [0.15, 0.2) is 24.3 Å². The van der Waals surface area contributed by atoms with Crippen LogP contribution in [0.5, 0.6) is 0 Å². The smallest absolute Gasteiger partial charge is 0.316 e. The number of anilines is 1. The van der Waals surface area contributed by atoms with Crippen LogP contribution in [-0.2, 0) is 20.0 Å². The molecule has 1 rings (SSSR count). The van der Waals surface area contributed by atoms with Crippen LogP contribution in [0.4, 0.5) is 5.69 Å². The lowest BCUT2D eigenvalue weighted by molar-refractivity contribution is -0.147. The van der Waals surface area contributed by atoms with Crippen molar-refractivity contribution < 1.29 is 14.3 Å². The summed E-state index contributed by atoms with van der Waals surface area (Å²) in [6.07, 6.45) is -0.195. The first-order valence-corrected chi connectivity index (χ1v) is 6.88. The van der Waals surface area contributed by atoms with Crippen molar-refractivity contribution in [2.45, 2.75) is 18.8 Å². The van der Waals surface area contributed by atoms with Crippen LogP contribution in [0.1, 0.15) is 12.5 Å². The Bertz CT molecular complexity index is 367. The van der Waals surface area contributed by atoms with E-state index >= 15 is 0 Å². The summed E-state index contributed by atoms with van der Waals surface area (Å²) >= 11 is 1.52. The van der Waals surface area contributed by atoms with Gasteiger partial charge in [0.2, 0.25) is 0 Å². The number of benzene rings is 1. The van der Waals surface area contributed by atoms with Crippen molar-refractivity contribution in [2.75, 3.05) is 25.2 Å². The lowest BCUT2D eigenvalue weighted by Crippen LogP contribution is -2.20. The second kappa shape index (κ2) is 8.00. The number of hydrogen-bond acceptors (Lipinski definition) is 5. The highest BCUT2D eigenvalue weighted by Gasteiger charge is 2.09. The largest absolute Gasteiger partial charge is 0.460 e. The summed E-state index contributed by atoms with van der Waals surface area (Å²) < 4.78 is 10.0. The number of methoxy groups -OCH3 is 1. The number of esters is 1. The van der Waals surface area contributed by atoms with E-state index in [-0.39, 0.29) is 12.1 Å². The summed E-state index contributed by atoms with van der Waals surface area (Å²) in [4.78, 5) is 11.5. The number of hydrogen-bond donors (Lipinski definition) is 1. The molecule has 1 unspecified atom stereocenters. The molecule has 0 saturated heterocycles. The SMILES string of the molecule is COCC(C)OC(=O)CSCc1ccc(N)cc1. The predicted molar refractivity (Wildman–Crippen MR) is 74.4 cm³/mol. The summed E-state index contributed by atoms with van der Waals surface area (Å²) in [5.74, 6) is 0.909. The van der Waals surface area contributed by atoms with E-state index in [4.69, 9.17) is 15.2 Å².